The van der Waals surface area contributed by atoms with E-state index in [1.54, 1.807) is 12.3 Å². The molecule has 2 aliphatic heterocycles. The molecule has 19 heavy (non-hydrogen) atoms. The van der Waals surface area contributed by atoms with Crippen LogP contribution in [0, 0.1) is 0 Å². The van der Waals surface area contributed by atoms with Crippen LogP contribution >= 0.6 is 15.9 Å². The minimum absolute atomic E-state index is 0.323. The van der Waals surface area contributed by atoms with Crippen LogP contribution in [0.5, 0.6) is 0 Å². The highest BCUT2D eigenvalue weighted by atomic mass is 79.9. The zero-order chi connectivity index (χ0) is 13.6. The number of hydrogen-bond acceptors (Lipinski definition) is 4. The van der Waals surface area contributed by atoms with Crippen LogP contribution in [0.25, 0.3) is 0 Å². The number of nitrogens with zero attached hydrogens (tertiary/aromatic N) is 2. The fraction of sp³-hybridized carbons (Fsp3) is 0.538. The topological polar surface area (TPSA) is 62.7 Å². The van der Waals surface area contributed by atoms with Gasteiger partial charge in [-0.05, 0) is 32.3 Å². The van der Waals surface area contributed by atoms with Crippen LogP contribution in [0.3, 0.4) is 0 Å². The summed E-state index contributed by atoms with van der Waals surface area (Å²) in [4.78, 5) is 18.2. The second-order valence-electron chi connectivity index (χ2n) is 5.06. The molecule has 1 N–H and O–H groups in total. The predicted molar refractivity (Wildman–Crippen MR) is 72.6 cm³/mol. The van der Waals surface area contributed by atoms with Crippen molar-refractivity contribution in [1.29, 1.82) is 0 Å². The molecule has 0 radical (unpaired) electrons. The standard InChI is InChI=1S/C13H15BrN2O3/c1-13(18)10-8(14)5-6-15-11(10)16(12(13)17)9-4-2-3-7-19-9/h5-6,9,18H,2-4,7H2,1H3/t9?,13-/m1/s1. The van der Waals surface area contributed by atoms with Crippen molar-refractivity contribution in [3.8, 4) is 0 Å². The van der Waals surface area contributed by atoms with Crippen molar-refractivity contribution in [2.45, 2.75) is 38.0 Å². The van der Waals surface area contributed by atoms with E-state index in [2.05, 4.69) is 20.9 Å². The maximum Gasteiger partial charge on any atom is 0.266 e. The monoisotopic (exact) mass is 326 g/mol. The molecule has 1 unspecified atom stereocenters. The summed E-state index contributed by atoms with van der Waals surface area (Å²) in [6, 6.07) is 1.73. The maximum absolute atomic E-state index is 12.5. The summed E-state index contributed by atoms with van der Waals surface area (Å²) in [6.07, 6.45) is 4.09. The van der Waals surface area contributed by atoms with Gasteiger partial charge < -0.3 is 9.84 Å². The van der Waals surface area contributed by atoms with E-state index in [0.29, 0.717) is 22.5 Å². The molecule has 6 heteroatoms. The molecule has 0 bridgehead atoms. The van der Waals surface area contributed by atoms with Gasteiger partial charge in [-0.2, -0.15) is 0 Å². The van der Waals surface area contributed by atoms with Crippen molar-refractivity contribution < 1.29 is 14.6 Å². The zero-order valence-corrected chi connectivity index (χ0v) is 12.2. The van der Waals surface area contributed by atoms with Crippen LogP contribution in [0.1, 0.15) is 31.7 Å². The van der Waals surface area contributed by atoms with E-state index in [9.17, 15) is 9.90 Å². The van der Waals surface area contributed by atoms with Gasteiger partial charge in [0.1, 0.15) is 12.0 Å². The molecule has 1 saturated heterocycles. The molecular weight excluding hydrogens is 312 g/mol. The van der Waals surface area contributed by atoms with Gasteiger partial charge in [-0.1, -0.05) is 15.9 Å². The SMILES string of the molecule is C[C@]1(O)C(=O)N(C2CCCCO2)c2nccc(Br)c21. The number of fused-ring (bicyclic) bond motifs is 1. The molecule has 0 aliphatic carbocycles. The number of aromatic nitrogens is 1. The van der Waals surface area contributed by atoms with Gasteiger partial charge in [0.25, 0.3) is 5.91 Å². The van der Waals surface area contributed by atoms with Crippen LogP contribution in [0.2, 0.25) is 0 Å². The van der Waals surface area contributed by atoms with Crippen LogP contribution < -0.4 is 4.90 Å². The quantitative estimate of drug-likeness (QED) is 0.856. The Labute approximate surface area is 119 Å². The fourth-order valence-corrected chi connectivity index (χ4v) is 3.37. The van der Waals surface area contributed by atoms with Gasteiger partial charge in [-0.3, -0.25) is 9.69 Å². The fourth-order valence-electron chi connectivity index (χ4n) is 2.69. The second-order valence-corrected chi connectivity index (χ2v) is 5.91. The maximum atomic E-state index is 12.5. The van der Waals surface area contributed by atoms with Crippen LogP contribution in [0.15, 0.2) is 16.7 Å². The minimum Gasteiger partial charge on any atom is -0.375 e. The molecule has 102 valence electrons. The first-order valence-corrected chi connectivity index (χ1v) is 7.15. The first-order chi connectivity index (χ1) is 9.03. The highest BCUT2D eigenvalue weighted by molar-refractivity contribution is 9.10. The van der Waals surface area contributed by atoms with E-state index in [1.807, 2.05) is 0 Å². The van der Waals surface area contributed by atoms with Crippen molar-refractivity contribution in [3.63, 3.8) is 0 Å². The summed E-state index contributed by atoms with van der Waals surface area (Å²) in [5.41, 5.74) is -1.03. The Kier molecular flexibility index (Phi) is 3.11. The third kappa shape index (κ3) is 1.89. The molecule has 3 heterocycles. The van der Waals surface area contributed by atoms with E-state index >= 15 is 0 Å². The summed E-state index contributed by atoms with van der Waals surface area (Å²) < 4.78 is 6.35. The average Bonchev–Trinajstić information content (AvgIpc) is 2.60. The molecular formula is C13H15BrN2O3. The predicted octanol–water partition coefficient (Wildman–Crippen LogP) is 1.92. The number of halogens is 1. The Hall–Kier alpha value is -0.980. The molecule has 2 atom stereocenters. The Morgan fingerprint density at radius 2 is 2.37 bits per heavy atom. The van der Waals surface area contributed by atoms with Gasteiger partial charge in [0.15, 0.2) is 5.60 Å². The lowest BCUT2D eigenvalue weighted by atomic mass is 10.00. The number of aliphatic hydroxyl groups is 1. The van der Waals surface area contributed by atoms with E-state index in [1.165, 1.54) is 11.8 Å². The Bertz CT molecular complexity index is 527. The normalized spacial score (nSPS) is 30.6. The number of anilines is 1. The lowest BCUT2D eigenvalue weighted by molar-refractivity contribution is -0.137. The highest BCUT2D eigenvalue weighted by Crippen LogP contribution is 2.44. The highest BCUT2D eigenvalue weighted by Gasteiger charge is 2.51. The van der Waals surface area contributed by atoms with Gasteiger partial charge >= 0.3 is 0 Å². The molecule has 0 spiro atoms. The number of hydrogen-bond donors (Lipinski definition) is 1. The molecule has 1 fully saturated rings. The van der Waals surface area contributed by atoms with Crippen molar-refractivity contribution in [2.75, 3.05) is 11.5 Å². The second kappa shape index (κ2) is 4.54. The van der Waals surface area contributed by atoms with Gasteiger partial charge in [0, 0.05) is 17.3 Å². The van der Waals surface area contributed by atoms with Crippen molar-refractivity contribution in [3.05, 3.63) is 22.3 Å². The van der Waals surface area contributed by atoms with Crippen molar-refractivity contribution in [2.24, 2.45) is 0 Å². The van der Waals surface area contributed by atoms with Crippen molar-refractivity contribution >= 4 is 27.7 Å². The summed E-state index contributed by atoms with van der Waals surface area (Å²) >= 11 is 3.38. The van der Waals surface area contributed by atoms with E-state index < -0.39 is 5.60 Å². The number of carbonyl (C=O) groups is 1. The van der Waals surface area contributed by atoms with E-state index in [-0.39, 0.29) is 12.1 Å². The molecule has 1 aromatic rings. The number of amides is 1. The van der Waals surface area contributed by atoms with Gasteiger partial charge in [-0.15, -0.1) is 0 Å². The summed E-state index contributed by atoms with van der Waals surface area (Å²) in [5.74, 6) is 0.130. The molecule has 0 saturated carbocycles. The van der Waals surface area contributed by atoms with Crippen LogP contribution in [-0.4, -0.2) is 28.8 Å². The Morgan fingerprint density at radius 3 is 3.05 bits per heavy atom. The summed E-state index contributed by atoms with van der Waals surface area (Å²) in [7, 11) is 0. The van der Waals surface area contributed by atoms with E-state index in [4.69, 9.17) is 4.74 Å². The van der Waals surface area contributed by atoms with E-state index in [0.717, 1.165) is 19.3 Å². The molecule has 3 rings (SSSR count). The number of ether oxygens (including phenoxy) is 1. The minimum atomic E-state index is -1.55. The Morgan fingerprint density at radius 1 is 1.58 bits per heavy atom. The smallest absolute Gasteiger partial charge is 0.266 e. The molecule has 2 aliphatic rings. The molecule has 5 nitrogen and oxygen atoms in total. The number of rotatable bonds is 1. The van der Waals surface area contributed by atoms with Crippen molar-refractivity contribution in [1.82, 2.24) is 4.98 Å². The third-order valence-corrected chi connectivity index (χ3v) is 4.33. The van der Waals surface area contributed by atoms with Gasteiger partial charge in [-0.25, -0.2) is 4.98 Å². The largest absolute Gasteiger partial charge is 0.375 e. The third-order valence-electron chi connectivity index (χ3n) is 3.67. The molecule has 1 amide bonds. The molecule has 1 aromatic heterocycles. The number of pyridine rings is 1. The average molecular weight is 327 g/mol. The summed E-state index contributed by atoms with van der Waals surface area (Å²) in [5, 5.41) is 10.5. The summed E-state index contributed by atoms with van der Waals surface area (Å²) in [6.45, 7) is 2.14. The first-order valence-electron chi connectivity index (χ1n) is 6.36. The van der Waals surface area contributed by atoms with Gasteiger partial charge in [0.05, 0.1) is 5.56 Å². The lowest BCUT2D eigenvalue weighted by Gasteiger charge is -2.31. The first kappa shape index (κ1) is 13.0. The lowest BCUT2D eigenvalue weighted by Crippen LogP contribution is -2.46. The molecule has 0 aromatic carbocycles. The van der Waals surface area contributed by atoms with Crippen LogP contribution in [0.4, 0.5) is 5.82 Å². The Balaban J connectivity index is 2.08. The number of carbonyl (C=O) groups excluding carboxylic acids is 1. The zero-order valence-electron chi connectivity index (χ0n) is 10.6. The van der Waals surface area contributed by atoms with Crippen LogP contribution in [-0.2, 0) is 15.1 Å². The van der Waals surface area contributed by atoms with Gasteiger partial charge in [0.2, 0.25) is 0 Å².